The van der Waals surface area contributed by atoms with Gasteiger partial charge in [-0.2, -0.15) is 0 Å². The quantitative estimate of drug-likeness (QED) is 0.796. The van der Waals surface area contributed by atoms with E-state index < -0.39 is 11.7 Å². The van der Waals surface area contributed by atoms with E-state index in [1.54, 1.807) is 7.11 Å². The molecule has 18 heavy (non-hydrogen) atoms. The standard InChI is InChI=1S/C13H16N2O3/c1-17-10-4-2-3-9-11(10)15-12(16)18-13(9)5-7-14-8-6-13/h2-4,14H,5-8H2,1H3,(H,15,16). The van der Waals surface area contributed by atoms with Crippen LogP contribution in [0.1, 0.15) is 18.4 Å². The van der Waals surface area contributed by atoms with Crippen molar-refractivity contribution in [2.24, 2.45) is 0 Å². The number of para-hydroxylation sites is 1. The molecule has 1 aromatic carbocycles. The molecule has 0 radical (unpaired) electrons. The zero-order valence-electron chi connectivity index (χ0n) is 10.3. The Morgan fingerprint density at radius 3 is 2.83 bits per heavy atom. The van der Waals surface area contributed by atoms with Gasteiger partial charge in [-0.05, 0) is 19.2 Å². The van der Waals surface area contributed by atoms with Crippen LogP contribution in [0.4, 0.5) is 10.5 Å². The highest BCUT2D eigenvalue weighted by atomic mass is 16.6. The number of nitrogens with one attached hydrogen (secondary N) is 2. The highest BCUT2D eigenvalue weighted by Crippen LogP contribution is 2.45. The summed E-state index contributed by atoms with van der Waals surface area (Å²) in [6.45, 7) is 1.70. The van der Waals surface area contributed by atoms with Crippen molar-refractivity contribution in [2.75, 3.05) is 25.5 Å². The Morgan fingerprint density at radius 1 is 1.33 bits per heavy atom. The third-order valence-electron chi connectivity index (χ3n) is 3.66. The second kappa shape index (κ2) is 4.17. The summed E-state index contributed by atoms with van der Waals surface area (Å²) >= 11 is 0. The fourth-order valence-electron chi connectivity index (χ4n) is 2.77. The lowest BCUT2D eigenvalue weighted by molar-refractivity contribution is -0.0128. The molecule has 2 heterocycles. The summed E-state index contributed by atoms with van der Waals surface area (Å²) in [7, 11) is 1.60. The molecular formula is C13H16N2O3. The van der Waals surface area contributed by atoms with Gasteiger partial charge in [0.2, 0.25) is 0 Å². The molecule has 0 unspecified atom stereocenters. The Kier molecular flexibility index (Phi) is 2.63. The molecular weight excluding hydrogens is 232 g/mol. The van der Waals surface area contributed by atoms with Crippen LogP contribution in [-0.2, 0) is 10.3 Å². The maximum absolute atomic E-state index is 11.8. The fourth-order valence-corrected chi connectivity index (χ4v) is 2.77. The number of anilines is 1. The smallest absolute Gasteiger partial charge is 0.412 e. The van der Waals surface area contributed by atoms with E-state index in [4.69, 9.17) is 9.47 Å². The van der Waals surface area contributed by atoms with Crippen molar-refractivity contribution in [3.8, 4) is 5.75 Å². The number of fused-ring (bicyclic) bond motifs is 2. The Balaban J connectivity index is 2.12. The number of benzene rings is 1. The van der Waals surface area contributed by atoms with Crippen molar-refractivity contribution in [2.45, 2.75) is 18.4 Å². The largest absolute Gasteiger partial charge is 0.495 e. The van der Waals surface area contributed by atoms with E-state index in [-0.39, 0.29) is 0 Å². The summed E-state index contributed by atoms with van der Waals surface area (Å²) < 4.78 is 10.9. The monoisotopic (exact) mass is 248 g/mol. The molecule has 5 heteroatoms. The molecule has 1 amide bonds. The highest BCUT2D eigenvalue weighted by molar-refractivity contribution is 5.91. The number of amides is 1. The minimum Gasteiger partial charge on any atom is -0.495 e. The van der Waals surface area contributed by atoms with Crippen LogP contribution in [0.5, 0.6) is 5.75 Å². The molecule has 0 aromatic heterocycles. The summed E-state index contributed by atoms with van der Waals surface area (Å²) in [6.07, 6.45) is 1.19. The number of carbonyl (C=O) groups excluding carboxylic acids is 1. The van der Waals surface area contributed by atoms with Gasteiger partial charge in [0.15, 0.2) is 0 Å². The summed E-state index contributed by atoms with van der Waals surface area (Å²) in [5.74, 6) is 0.682. The molecule has 0 atom stereocenters. The van der Waals surface area contributed by atoms with E-state index in [0.717, 1.165) is 37.2 Å². The molecule has 2 aliphatic heterocycles. The van der Waals surface area contributed by atoms with Gasteiger partial charge in [0, 0.05) is 18.4 Å². The zero-order valence-corrected chi connectivity index (χ0v) is 10.3. The van der Waals surface area contributed by atoms with Gasteiger partial charge in [-0.1, -0.05) is 12.1 Å². The van der Waals surface area contributed by atoms with Crippen LogP contribution in [0, 0.1) is 0 Å². The number of carbonyl (C=O) groups is 1. The van der Waals surface area contributed by atoms with E-state index in [0.29, 0.717) is 5.75 Å². The minimum atomic E-state index is -0.503. The fraction of sp³-hybridized carbons (Fsp3) is 0.462. The predicted molar refractivity (Wildman–Crippen MR) is 66.9 cm³/mol. The number of ether oxygens (including phenoxy) is 2. The molecule has 1 aromatic rings. The Bertz CT molecular complexity index is 481. The van der Waals surface area contributed by atoms with Crippen molar-refractivity contribution in [3.63, 3.8) is 0 Å². The van der Waals surface area contributed by atoms with Crippen molar-refractivity contribution >= 4 is 11.8 Å². The average molecular weight is 248 g/mol. The van der Waals surface area contributed by atoms with E-state index in [1.165, 1.54) is 0 Å². The van der Waals surface area contributed by atoms with Crippen LogP contribution in [0.25, 0.3) is 0 Å². The van der Waals surface area contributed by atoms with E-state index >= 15 is 0 Å². The molecule has 96 valence electrons. The van der Waals surface area contributed by atoms with E-state index in [2.05, 4.69) is 10.6 Å². The number of rotatable bonds is 1. The molecule has 1 spiro atoms. The van der Waals surface area contributed by atoms with Gasteiger partial charge in [0.25, 0.3) is 0 Å². The number of hydrogen-bond donors (Lipinski definition) is 2. The number of methoxy groups -OCH3 is 1. The second-order valence-electron chi connectivity index (χ2n) is 4.64. The van der Waals surface area contributed by atoms with Gasteiger partial charge >= 0.3 is 6.09 Å². The maximum Gasteiger partial charge on any atom is 0.412 e. The summed E-state index contributed by atoms with van der Waals surface area (Å²) in [6, 6.07) is 5.78. The molecule has 5 nitrogen and oxygen atoms in total. The lowest BCUT2D eigenvalue weighted by Crippen LogP contribution is -2.46. The third-order valence-corrected chi connectivity index (χ3v) is 3.66. The van der Waals surface area contributed by atoms with E-state index in [1.807, 2.05) is 18.2 Å². The van der Waals surface area contributed by atoms with Crippen LogP contribution < -0.4 is 15.4 Å². The molecule has 1 fully saturated rings. The van der Waals surface area contributed by atoms with Crippen molar-refractivity contribution < 1.29 is 14.3 Å². The first-order valence-corrected chi connectivity index (χ1v) is 6.13. The van der Waals surface area contributed by atoms with Gasteiger partial charge in [-0.3, -0.25) is 5.32 Å². The predicted octanol–water partition coefficient (Wildman–Crippen LogP) is 1.84. The Labute approximate surface area is 105 Å². The van der Waals surface area contributed by atoms with Crippen LogP contribution in [0.3, 0.4) is 0 Å². The van der Waals surface area contributed by atoms with Gasteiger partial charge in [0.1, 0.15) is 11.4 Å². The van der Waals surface area contributed by atoms with Gasteiger partial charge in [0.05, 0.1) is 12.8 Å². The minimum absolute atomic E-state index is 0.395. The first kappa shape index (κ1) is 11.3. The van der Waals surface area contributed by atoms with Crippen LogP contribution in [0.15, 0.2) is 18.2 Å². The summed E-state index contributed by atoms with van der Waals surface area (Å²) in [4.78, 5) is 11.8. The topological polar surface area (TPSA) is 59.6 Å². The zero-order chi connectivity index (χ0) is 12.6. The van der Waals surface area contributed by atoms with Crippen molar-refractivity contribution in [1.29, 1.82) is 0 Å². The molecule has 0 aliphatic carbocycles. The summed E-state index contributed by atoms with van der Waals surface area (Å²) in [5.41, 5.74) is 1.26. The van der Waals surface area contributed by atoms with E-state index in [9.17, 15) is 4.79 Å². The Morgan fingerprint density at radius 2 is 2.11 bits per heavy atom. The molecule has 3 rings (SSSR count). The van der Waals surface area contributed by atoms with Gasteiger partial charge in [-0.25, -0.2) is 4.79 Å². The molecule has 2 aliphatic rings. The normalized spacial score (nSPS) is 20.8. The molecule has 1 saturated heterocycles. The molecule has 2 N–H and O–H groups in total. The summed E-state index contributed by atoms with van der Waals surface area (Å²) in [5, 5.41) is 6.03. The van der Waals surface area contributed by atoms with Crippen molar-refractivity contribution in [1.82, 2.24) is 5.32 Å². The second-order valence-corrected chi connectivity index (χ2v) is 4.64. The Hall–Kier alpha value is -1.75. The first-order chi connectivity index (χ1) is 8.75. The lowest BCUT2D eigenvalue weighted by atomic mass is 9.83. The molecule has 0 bridgehead atoms. The maximum atomic E-state index is 11.8. The molecule has 0 saturated carbocycles. The number of piperidine rings is 1. The highest BCUT2D eigenvalue weighted by Gasteiger charge is 2.43. The first-order valence-electron chi connectivity index (χ1n) is 6.13. The van der Waals surface area contributed by atoms with Crippen LogP contribution in [-0.4, -0.2) is 26.3 Å². The van der Waals surface area contributed by atoms with Crippen molar-refractivity contribution in [3.05, 3.63) is 23.8 Å². The van der Waals surface area contributed by atoms with Gasteiger partial charge < -0.3 is 14.8 Å². The lowest BCUT2D eigenvalue weighted by Gasteiger charge is -2.41. The third kappa shape index (κ3) is 1.62. The van der Waals surface area contributed by atoms with Crippen LogP contribution in [0.2, 0.25) is 0 Å². The number of hydrogen-bond acceptors (Lipinski definition) is 4. The van der Waals surface area contributed by atoms with Gasteiger partial charge in [-0.15, -0.1) is 0 Å². The SMILES string of the molecule is COc1cccc2c1NC(=O)OC21CCNCC1. The van der Waals surface area contributed by atoms with Crippen LogP contribution >= 0.6 is 0 Å². The average Bonchev–Trinajstić information content (AvgIpc) is 2.39.